The number of phenols is 1. The molecule has 0 aliphatic rings. The number of benzene rings is 1. The maximum Gasteiger partial charge on any atom is 0.290 e. The van der Waals surface area contributed by atoms with Crippen molar-refractivity contribution in [1.82, 2.24) is 10.4 Å². The van der Waals surface area contributed by atoms with E-state index in [-0.39, 0.29) is 22.9 Å². The molecule has 0 unspecified atom stereocenters. The maximum absolute atomic E-state index is 12.2. The van der Waals surface area contributed by atoms with Gasteiger partial charge in [0.05, 0.1) is 12.5 Å². The first-order valence-electron chi connectivity index (χ1n) is 7.81. The summed E-state index contributed by atoms with van der Waals surface area (Å²) in [6.07, 6.45) is 2.70. The van der Waals surface area contributed by atoms with Crippen LogP contribution in [0.3, 0.4) is 0 Å². The van der Waals surface area contributed by atoms with Crippen molar-refractivity contribution in [1.29, 1.82) is 0 Å². The van der Waals surface area contributed by atoms with Crippen molar-refractivity contribution in [2.75, 3.05) is 0 Å². The number of rotatable bonds is 7. The normalized spacial score (nSPS) is 11.8. The quantitative estimate of drug-likeness (QED) is 0.393. The molecule has 11 heteroatoms. The largest absolute Gasteiger partial charge is 0.507 e. The predicted octanol–water partition coefficient (Wildman–Crippen LogP) is 3.08. The molecule has 0 fully saturated rings. The molecule has 3 rings (SSSR count). The Morgan fingerprint density at radius 2 is 2.18 bits per heavy atom. The van der Waals surface area contributed by atoms with E-state index in [1.807, 2.05) is 0 Å². The van der Waals surface area contributed by atoms with Crippen LogP contribution in [0.25, 0.3) is 0 Å². The van der Waals surface area contributed by atoms with Crippen LogP contribution in [0.1, 0.15) is 26.8 Å². The number of amides is 1. The highest BCUT2D eigenvalue weighted by Gasteiger charge is 2.19. The Morgan fingerprint density at radius 3 is 2.93 bits per heavy atom. The second-order valence-electron chi connectivity index (χ2n) is 5.64. The highest BCUT2D eigenvalue weighted by atomic mass is 79.9. The number of nitrogens with one attached hydrogen (secondary N) is 1. The summed E-state index contributed by atoms with van der Waals surface area (Å²) < 4.78 is 30.2. The van der Waals surface area contributed by atoms with Gasteiger partial charge in [0.2, 0.25) is 0 Å². The van der Waals surface area contributed by atoms with Crippen LogP contribution in [0.4, 0.5) is 0 Å². The van der Waals surface area contributed by atoms with E-state index in [4.69, 9.17) is 4.42 Å². The lowest BCUT2D eigenvalue weighted by atomic mass is 10.2. The van der Waals surface area contributed by atoms with E-state index >= 15 is 0 Å². The molecule has 0 atom stereocenters. The van der Waals surface area contributed by atoms with E-state index in [2.05, 4.69) is 31.4 Å². The summed E-state index contributed by atoms with van der Waals surface area (Å²) in [5.74, 6) is -0.752. The number of hydrogen-bond acceptors (Lipinski definition) is 8. The van der Waals surface area contributed by atoms with Gasteiger partial charge in [0.15, 0.2) is 9.84 Å². The summed E-state index contributed by atoms with van der Waals surface area (Å²) >= 11 is 4.35. The Balaban J connectivity index is 1.60. The van der Waals surface area contributed by atoms with Gasteiger partial charge in [-0.1, -0.05) is 15.9 Å². The first kappa shape index (κ1) is 20.2. The molecule has 146 valence electrons. The van der Waals surface area contributed by atoms with Crippen molar-refractivity contribution >= 4 is 49.2 Å². The number of halogens is 1. The van der Waals surface area contributed by atoms with Crippen LogP contribution in [-0.4, -0.2) is 30.6 Å². The van der Waals surface area contributed by atoms with Gasteiger partial charge >= 0.3 is 0 Å². The highest BCUT2D eigenvalue weighted by Crippen LogP contribution is 2.20. The van der Waals surface area contributed by atoms with Gasteiger partial charge in [0.1, 0.15) is 33.7 Å². The van der Waals surface area contributed by atoms with Crippen LogP contribution < -0.4 is 5.43 Å². The van der Waals surface area contributed by atoms with Crippen LogP contribution >= 0.6 is 27.3 Å². The van der Waals surface area contributed by atoms with Gasteiger partial charge in [-0.3, -0.25) is 4.79 Å². The summed E-state index contributed by atoms with van der Waals surface area (Å²) in [4.78, 5) is 16.2. The second kappa shape index (κ2) is 8.67. The number of nitrogens with zero attached hydrogens (tertiary/aromatic N) is 2. The minimum absolute atomic E-state index is 0.0129. The van der Waals surface area contributed by atoms with Crippen molar-refractivity contribution in [3.63, 3.8) is 0 Å². The van der Waals surface area contributed by atoms with Gasteiger partial charge in [0.25, 0.3) is 5.91 Å². The minimum atomic E-state index is -3.47. The van der Waals surface area contributed by atoms with Crippen LogP contribution in [-0.2, 0) is 21.3 Å². The lowest BCUT2D eigenvalue weighted by Gasteiger charge is -2.00. The number of carbonyl (C=O) groups is 1. The molecule has 0 aliphatic heterocycles. The average Bonchev–Trinajstić information content (AvgIpc) is 3.29. The number of sulfone groups is 1. The van der Waals surface area contributed by atoms with Crippen molar-refractivity contribution in [3.8, 4) is 5.75 Å². The van der Waals surface area contributed by atoms with Crippen molar-refractivity contribution in [2.24, 2.45) is 5.10 Å². The SMILES string of the molecule is O=C(NN=Cc1cc(Br)ccc1O)c1csc(CS(=O)(=O)Cc2ccco2)n1. The lowest BCUT2D eigenvalue weighted by Crippen LogP contribution is -2.18. The summed E-state index contributed by atoms with van der Waals surface area (Å²) in [5.41, 5.74) is 2.76. The Hall–Kier alpha value is -2.50. The van der Waals surface area contributed by atoms with E-state index in [9.17, 15) is 18.3 Å². The van der Waals surface area contributed by atoms with Crippen molar-refractivity contribution in [3.05, 3.63) is 68.5 Å². The number of aromatic nitrogens is 1. The third-order valence-corrected chi connectivity index (χ3v) is 6.39. The molecule has 0 spiro atoms. The average molecular weight is 484 g/mol. The molecule has 28 heavy (non-hydrogen) atoms. The van der Waals surface area contributed by atoms with Gasteiger partial charge in [-0.2, -0.15) is 5.10 Å². The fourth-order valence-corrected chi connectivity index (χ4v) is 5.07. The molecule has 0 saturated heterocycles. The number of carbonyl (C=O) groups excluding carboxylic acids is 1. The summed E-state index contributed by atoms with van der Waals surface area (Å²) in [5, 5.41) is 15.3. The van der Waals surface area contributed by atoms with E-state index in [0.717, 1.165) is 15.8 Å². The number of phenolic OH excluding ortho intramolecular Hbond substituents is 1. The van der Waals surface area contributed by atoms with Crippen LogP contribution in [0.15, 0.2) is 56.0 Å². The van der Waals surface area contributed by atoms with E-state index in [1.165, 1.54) is 23.9 Å². The molecule has 8 nitrogen and oxygen atoms in total. The molecule has 1 amide bonds. The Labute approximate surface area is 173 Å². The smallest absolute Gasteiger partial charge is 0.290 e. The molecular weight excluding hydrogens is 470 g/mol. The van der Waals surface area contributed by atoms with E-state index in [0.29, 0.717) is 16.3 Å². The van der Waals surface area contributed by atoms with Gasteiger partial charge in [-0.05, 0) is 30.3 Å². The molecule has 3 aromatic rings. The fourth-order valence-electron chi connectivity index (χ4n) is 2.18. The zero-order chi connectivity index (χ0) is 20.1. The standard InChI is InChI=1S/C17H14BrN3O5S2/c18-12-3-4-15(22)11(6-12)7-19-21-17(23)14-8-27-16(20-14)10-28(24,25)9-13-2-1-5-26-13/h1-8,22H,9-10H2,(H,21,23). The van der Waals surface area contributed by atoms with Crippen LogP contribution in [0, 0.1) is 0 Å². The summed E-state index contributed by atoms with van der Waals surface area (Å²) in [6.45, 7) is 0. The minimum Gasteiger partial charge on any atom is -0.507 e. The number of hydrazone groups is 1. The zero-order valence-corrected chi connectivity index (χ0v) is 17.4. The summed E-state index contributed by atoms with van der Waals surface area (Å²) in [7, 11) is -3.47. The Morgan fingerprint density at radius 1 is 1.36 bits per heavy atom. The van der Waals surface area contributed by atoms with E-state index in [1.54, 1.807) is 24.3 Å². The van der Waals surface area contributed by atoms with Crippen LogP contribution in [0.2, 0.25) is 0 Å². The molecule has 2 heterocycles. The Bertz CT molecular complexity index is 1110. The first-order valence-corrected chi connectivity index (χ1v) is 11.3. The monoisotopic (exact) mass is 483 g/mol. The Kier molecular flexibility index (Phi) is 6.27. The second-order valence-corrected chi connectivity index (χ2v) is 9.56. The molecule has 0 aliphatic carbocycles. The van der Waals surface area contributed by atoms with Crippen molar-refractivity contribution in [2.45, 2.75) is 11.5 Å². The van der Waals surface area contributed by atoms with E-state index < -0.39 is 15.7 Å². The first-order chi connectivity index (χ1) is 13.3. The third kappa shape index (κ3) is 5.50. The van der Waals surface area contributed by atoms with Crippen molar-refractivity contribution < 1.29 is 22.7 Å². The van der Waals surface area contributed by atoms with Gasteiger partial charge in [-0.25, -0.2) is 18.8 Å². The van der Waals surface area contributed by atoms with Gasteiger partial charge in [-0.15, -0.1) is 11.3 Å². The molecule has 0 radical (unpaired) electrons. The molecule has 2 N–H and O–H groups in total. The zero-order valence-electron chi connectivity index (χ0n) is 14.2. The summed E-state index contributed by atoms with van der Waals surface area (Å²) in [6, 6.07) is 7.99. The topological polar surface area (TPSA) is 122 Å². The third-order valence-electron chi connectivity index (χ3n) is 3.43. The van der Waals surface area contributed by atoms with Gasteiger partial charge < -0.3 is 9.52 Å². The molecular formula is C17H14BrN3O5S2. The number of thiazole rings is 1. The lowest BCUT2D eigenvalue weighted by molar-refractivity contribution is 0.0950. The molecule has 0 saturated carbocycles. The predicted molar refractivity (Wildman–Crippen MR) is 108 cm³/mol. The molecule has 2 aromatic heterocycles. The number of hydrogen-bond donors (Lipinski definition) is 2. The molecule has 1 aromatic carbocycles. The van der Waals surface area contributed by atoms with Gasteiger partial charge in [0, 0.05) is 15.4 Å². The fraction of sp³-hybridized carbons (Fsp3) is 0.118. The maximum atomic E-state index is 12.2. The number of furan rings is 1. The highest BCUT2D eigenvalue weighted by molar-refractivity contribution is 9.10. The molecule has 0 bridgehead atoms. The van der Waals surface area contributed by atoms with Crippen LogP contribution in [0.5, 0.6) is 5.75 Å². The number of aromatic hydroxyl groups is 1.